The number of ether oxygens (including phenoxy) is 1. The molecule has 1 saturated carbocycles. The van der Waals surface area contributed by atoms with Crippen LogP contribution in [0, 0.1) is 5.92 Å². The Kier molecular flexibility index (Phi) is 6.56. The van der Waals surface area contributed by atoms with Gasteiger partial charge in [-0.05, 0) is 62.8 Å². The third kappa shape index (κ3) is 5.23. The van der Waals surface area contributed by atoms with Crippen LogP contribution in [-0.2, 0) is 19.6 Å². The zero-order valence-electron chi connectivity index (χ0n) is 16.0. The molecule has 28 heavy (non-hydrogen) atoms. The number of hydrogen-bond donors (Lipinski definition) is 2. The van der Waals surface area contributed by atoms with Crippen LogP contribution in [0.25, 0.3) is 0 Å². The van der Waals surface area contributed by atoms with Gasteiger partial charge in [0.25, 0.3) is 0 Å². The van der Waals surface area contributed by atoms with E-state index in [0.29, 0.717) is 50.5 Å². The summed E-state index contributed by atoms with van der Waals surface area (Å²) in [4.78, 5) is 24.0. The molecular formula is C19H27N3O5S. The second kappa shape index (κ2) is 8.91. The quantitative estimate of drug-likeness (QED) is 0.662. The van der Waals surface area contributed by atoms with E-state index in [2.05, 4.69) is 10.6 Å². The van der Waals surface area contributed by atoms with Gasteiger partial charge in [0, 0.05) is 25.3 Å². The highest BCUT2D eigenvalue weighted by Gasteiger charge is 2.41. The zero-order valence-corrected chi connectivity index (χ0v) is 16.8. The van der Waals surface area contributed by atoms with Gasteiger partial charge in [0.05, 0.1) is 11.9 Å². The highest BCUT2D eigenvalue weighted by molar-refractivity contribution is 7.90. The van der Waals surface area contributed by atoms with Gasteiger partial charge in [-0.25, -0.2) is 12.7 Å². The van der Waals surface area contributed by atoms with Crippen LogP contribution in [-0.4, -0.2) is 56.0 Å². The van der Waals surface area contributed by atoms with Gasteiger partial charge in [0.1, 0.15) is 5.75 Å². The number of sulfonamides is 1. The first-order valence-electron chi connectivity index (χ1n) is 9.71. The lowest BCUT2D eigenvalue weighted by Gasteiger charge is -2.31. The Morgan fingerprint density at radius 3 is 2.29 bits per heavy atom. The normalized spacial score (nSPS) is 18.5. The smallest absolute Gasteiger partial charge is 0.313 e. The fourth-order valence-electron chi connectivity index (χ4n) is 3.25. The van der Waals surface area contributed by atoms with Crippen LogP contribution in [0.15, 0.2) is 24.3 Å². The molecule has 8 nitrogen and oxygen atoms in total. The first kappa shape index (κ1) is 20.6. The number of carbonyl (C=O) groups excluding carboxylic acids is 2. The Morgan fingerprint density at radius 1 is 1.07 bits per heavy atom. The van der Waals surface area contributed by atoms with Gasteiger partial charge >= 0.3 is 11.8 Å². The second-order valence-corrected chi connectivity index (χ2v) is 9.42. The van der Waals surface area contributed by atoms with Crippen molar-refractivity contribution in [1.82, 2.24) is 9.62 Å². The zero-order chi connectivity index (χ0) is 20.1. The molecule has 1 aliphatic carbocycles. The van der Waals surface area contributed by atoms with Crippen molar-refractivity contribution in [2.45, 2.75) is 37.9 Å². The molecule has 2 N–H and O–H groups in total. The van der Waals surface area contributed by atoms with Crippen molar-refractivity contribution in [3.8, 4) is 5.75 Å². The molecular weight excluding hydrogens is 382 g/mol. The molecule has 1 aromatic rings. The highest BCUT2D eigenvalue weighted by Crippen LogP contribution is 2.33. The summed E-state index contributed by atoms with van der Waals surface area (Å²) < 4.78 is 31.4. The maximum atomic E-state index is 12.2. The molecule has 0 aromatic heterocycles. The second-order valence-electron chi connectivity index (χ2n) is 7.21. The Labute approximate surface area is 165 Å². The minimum Gasteiger partial charge on any atom is -0.494 e. The molecule has 9 heteroatoms. The SMILES string of the molecule is CCOc1ccc(NC(=O)C(=O)NCC2CCN(S(=O)(=O)C3CC3)CC2)cc1. The summed E-state index contributed by atoms with van der Waals surface area (Å²) in [6, 6.07) is 6.79. The van der Waals surface area contributed by atoms with Gasteiger partial charge in [0.15, 0.2) is 0 Å². The number of amides is 2. The van der Waals surface area contributed by atoms with E-state index in [1.165, 1.54) is 0 Å². The number of nitrogens with zero attached hydrogens (tertiary/aromatic N) is 1. The Hall–Kier alpha value is -2.13. The molecule has 0 spiro atoms. The van der Waals surface area contributed by atoms with Crippen LogP contribution in [0.5, 0.6) is 5.75 Å². The van der Waals surface area contributed by atoms with E-state index in [1.807, 2.05) is 6.92 Å². The number of piperidine rings is 1. The molecule has 1 saturated heterocycles. The number of rotatable bonds is 7. The molecule has 2 aliphatic rings. The van der Waals surface area contributed by atoms with E-state index in [9.17, 15) is 18.0 Å². The number of anilines is 1. The van der Waals surface area contributed by atoms with Crippen LogP contribution in [0.3, 0.4) is 0 Å². The molecule has 0 atom stereocenters. The van der Waals surface area contributed by atoms with Crippen LogP contribution < -0.4 is 15.4 Å². The summed E-state index contributed by atoms with van der Waals surface area (Å²) in [6.45, 7) is 3.78. The molecule has 0 unspecified atom stereocenters. The fraction of sp³-hybridized carbons (Fsp3) is 0.579. The van der Waals surface area contributed by atoms with E-state index in [1.54, 1.807) is 28.6 Å². The van der Waals surface area contributed by atoms with Gasteiger partial charge in [-0.2, -0.15) is 0 Å². The molecule has 1 aliphatic heterocycles. The topological polar surface area (TPSA) is 105 Å². The predicted octanol–water partition coefficient (Wildman–Crippen LogP) is 1.34. The van der Waals surface area contributed by atoms with Gasteiger partial charge in [-0.15, -0.1) is 0 Å². The van der Waals surface area contributed by atoms with Crippen LogP contribution in [0.1, 0.15) is 32.6 Å². The minimum atomic E-state index is -3.13. The average Bonchev–Trinajstić information content (AvgIpc) is 3.54. The van der Waals surface area contributed by atoms with E-state index < -0.39 is 21.8 Å². The number of carbonyl (C=O) groups is 2. The molecule has 2 fully saturated rings. The third-order valence-electron chi connectivity index (χ3n) is 5.06. The first-order chi connectivity index (χ1) is 13.4. The maximum absolute atomic E-state index is 12.2. The average molecular weight is 410 g/mol. The van der Waals surface area contributed by atoms with Gasteiger partial charge in [-0.1, -0.05) is 0 Å². The summed E-state index contributed by atoms with van der Waals surface area (Å²) >= 11 is 0. The van der Waals surface area contributed by atoms with Crippen molar-refractivity contribution in [1.29, 1.82) is 0 Å². The van der Waals surface area contributed by atoms with Crippen molar-refractivity contribution in [3.05, 3.63) is 24.3 Å². The predicted molar refractivity (Wildman–Crippen MR) is 105 cm³/mol. The van der Waals surface area contributed by atoms with Gasteiger partial charge in [0.2, 0.25) is 10.0 Å². The first-order valence-corrected chi connectivity index (χ1v) is 11.2. The molecule has 0 radical (unpaired) electrons. The summed E-state index contributed by atoms with van der Waals surface area (Å²) in [5.41, 5.74) is 0.516. The number of hydrogen-bond acceptors (Lipinski definition) is 5. The van der Waals surface area contributed by atoms with Crippen LogP contribution in [0.2, 0.25) is 0 Å². The molecule has 0 bridgehead atoms. The van der Waals surface area contributed by atoms with Crippen molar-refractivity contribution < 1.29 is 22.7 Å². The molecule has 1 heterocycles. The Balaban J connectivity index is 1.39. The van der Waals surface area contributed by atoms with Crippen molar-refractivity contribution in [2.75, 3.05) is 31.6 Å². The molecule has 1 aromatic carbocycles. The Bertz CT molecular complexity index is 797. The van der Waals surface area contributed by atoms with Crippen LogP contribution in [0.4, 0.5) is 5.69 Å². The maximum Gasteiger partial charge on any atom is 0.313 e. The molecule has 154 valence electrons. The van der Waals surface area contributed by atoms with E-state index in [4.69, 9.17) is 4.74 Å². The lowest BCUT2D eigenvalue weighted by atomic mass is 9.98. The van der Waals surface area contributed by atoms with E-state index in [-0.39, 0.29) is 11.2 Å². The summed E-state index contributed by atoms with van der Waals surface area (Å²) in [6.07, 6.45) is 2.91. The third-order valence-corrected chi connectivity index (χ3v) is 7.46. The van der Waals surface area contributed by atoms with Crippen molar-refractivity contribution in [2.24, 2.45) is 5.92 Å². The fourth-order valence-corrected chi connectivity index (χ4v) is 5.12. The van der Waals surface area contributed by atoms with E-state index >= 15 is 0 Å². The van der Waals surface area contributed by atoms with Gasteiger partial charge < -0.3 is 15.4 Å². The summed E-state index contributed by atoms with van der Waals surface area (Å²) in [7, 11) is -3.13. The van der Waals surface area contributed by atoms with Crippen molar-refractivity contribution >= 4 is 27.5 Å². The lowest BCUT2D eigenvalue weighted by molar-refractivity contribution is -0.136. The Morgan fingerprint density at radius 2 is 1.71 bits per heavy atom. The summed E-state index contributed by atoms with van der Waals surface area (Å²) in [5.74, 6) is -0.548. The monoisotopic (exact) mass is 409 g/mol. The molecule has 2 amide bonds. The van der Waals surface area contributed by atoms with Gasteiger partial charge in [-0.3, -0.25) is 9.59 Å². The standard InChI is InChI=1S/C19H27N3O5S/c1-2-27-16-5-3-15(4-6-16)21-19(24)18(23)20-13-14-9-11-22(12-10-14)28(25,26)17-7-8-17/h3-6,14,17H,2,7-13H2,1H3,(H,20,23)(H,21,24). The number of nitrogens with one attached hydrogen (secondary N) is 2. The minimum absolute atomic E-state index is 0.174. The van der Waals surface area contributed by atoms with E-state index in [0.717, 1.165) is 12.8 Å². The lowest BCUT2D eigenvalue weighted by Crippen LogP contribution is -2.44. The largest absolute Gasteiger partial charge is 0.494 e. The number of benzene rings is 1. The highest BCUT2D eigenvalue weighted by atomic mass is 32.2. The van der Waals surface area contributed by atoms with Crippen LogP contribution >= 0.6 is 0 Å². The van der Waals surface area contributed by atoms with Crippen molar-refractivity contribution in [3.63, 3.8) is 0 Å². The summed E-state index contributed by atoms with van der Waals surface area (Å²) in [5, 5.41) is 5.02. The molecule has 3 rings (SSSR count).